The Labute approximate surface area is 151 Å². The van der Waals surface area contributed by atoms with Crippen LogP contribution in [0.25, 0.3) is 11.3 Å². The van der Waals surface area contributed by atoms with Crippen molar-refractivity contribution in [3.8, 4) is 22.8 Å². The van der Waals surface area contributed by atoms with Crippen LogP contribution in [0.1, 0.15) is 17.5 Å². The van der Waals surface area contributed by atoms with E-state index in [1.807, 2.05) is 24.3 Å². The van der Waals surface area contributed by atoms with Gasteiger partial charge in [0, 0.05) is 22.9 Å². The Hall–Kier alpha value is -2.53. The van der Waals surface area contributed by atoms with E-state index in [2.05, 4.69) is 35.8 Å². The first kappa shape index (κ1) is 16.0. The van der Waals surface area contributed by atoms with Crippen molar-refractivity contribution in [3.63, 3.8) is 0 Å². The van der Waals surface area contributed by atoms with Crippen LogP contribution in [0.4, 0.5) is 5.69 Å². The van der Waals surface area contributed by atoms with Gasteiger partial charge in [0.25, 0.3) is 0 Å². The number of rotatable bonds is 4. The summed E-state index contributed by atoms with van der Waals surface area (Å²) in [7, 11) is 1.70. The second kappa shape index (κ2) is 6.76. The van der Waals surface area contributed by atoms with E-state index in [1.54, 1.807) is 18.4 Å². The summed E-state index contributed by atoms with van der Waals surface area (Å²) >= 11 is 1.68. The highest BCUT2D eigenvalue weighted by molar-refractivity contribution is 7.10. The van der Waals surface area contributed by atoms with Gasteiger partial charge in [-0.15, -0.1) is 11.3 Å². The standard InChI is InChI=1S/C20H20N2O2S/c1-13-11-21-16-9-14(7-8-19(16)24-13)17-12-25-20(22-17)10-15-5-3-4-6-18(15)23-2/h3-9,12-13,21H,10-11H2,1-2H3. The Morgan fingerprint density at radius 1 is 1.28 bits per heavy atom. The van der Waals surface area contributed by atoms with Gasteiger partial charge in [-0.25, -0.2) is 4.98 Å². The number of para-hydroxylation sites is 1. The summed E-state index contributed by atoms with van der Waals surface area (Å²) in [5.41, 5.74) is 4.29. The van der Waals surface area contributed by atoms with Crippen LogP contribution in [0.3, 0.4) is 0 Å². The first-order chi connectivity index (χ1) is 12.2. The molecule has 128 valence electrons. The molecule has 3 aromatic rings. The average Bonchev–Trinajstić information content (AvgIpc) is 3.10. The molecule has 0 spiro atoms. The number of aromatic nitrogens is 1. The smallest absolute Gasteiger partial charge is 0.142 e. The van der Waals surface area contributed by atoms with E-state index in [-0.39, 0.29) is 6.10 Å². The van der Waals surface area contributed by atoms with Gasteiger partial charge in [0.15, 0.2) is 0 Å². The molecule has 1 N–H and O–H groups in total. The van der Waals surface area contributed by atoms with E-state index >= 15 is 0 Å². The summed E-state index contributed by atoms with van der Waals surface area (Å²) in [5, 5.41) is 6.61. The maximum Gasteiger partial charge on any atom is 0.142 e. The summed E-state index contributed by atoms with van der Waals surface area (Å²) in [6, 6.07) is 14.3. The number of nitrogens with one attached hydrogen (secondary N) is 1. The van der Waals surface area contributed by atoms with Crippen molar-refractivity contribution in [1.29, 1.82) is 0 Å². The van der Waals surface area contributed by atoms with Crippen molar-refractivity contribution in [2.24, 2.45) is 0 Å². The number of ether oxygens (including phenoxy) is 2. The fourth-order valence-corrected chi connectivity index (χ4v) is 3.81. The van der Waals surface area contributed by atoms with Gasteiger partial charge < -0.3 is 14.8 Å². The summed E-state index contributed by atoms with van der Waals surface area (Å²) < 4.78 is 11.3. The lowest BCUT2D eigenvalue weighted by Crippen LogP contribution is -2.27. The van der Waals surface area contributed by atoms with Crippen molar-refractivity contribution in [3.05, 3.63) is 58.4 Å². The van der Waals surface area contributed by atoms with E-state index in [0.717, 1.165) is 52.0 Å². The molecule has 0 radical (unpaired) electrons. The van der Waals surface area contributed by atoms with Crippen molar-refractivity contribution in [2.75, 3.05) is 19.0 Å². The third-order valence-corrected chi connectivity index (χ3v) is 5.12. The lowest BCUT2D eigenvalue weighted by atomic mass is 10.1. The third-order valence-electron chi connectivity index (χ3n) is 4.27. The van der Waals surface area contributed by atoms with E-state index < -0.39 is 0 Å². The Balaban J connectivity index is 1.57. The second-order valence-electron chi connectivity index (χ2n) is 6.14. The van der Waals surface area contributed by atoms with Crippen molar-refractivity contribution >= 4 is 17.0 Å². The zero-order valence-corrected chi connectivity index (χ0v) is 15.1. The molecule has 0 saturated carbocycles. The van der Waals surface area contributed by atoms with Gasteiger partial charge in [-0.2, -0.15) is 0 Å². The largest absolute Gasteiger partial charge is 0.496 e. The molecular weight excluding hydrogens is 332 g/mol. The molecule has 5 heteroatoms. The number of nitrogens with zero attached hydrogens (tertiary/aromatic N) is 1. The summed E-state index contributed by atoms with van der Waals surface area (Å²) in [6.45, 7) is 2.89. The van der Waals surface area contributed by atoms with Crippen LogP contribution in [-0.2, 0) is 6.42 Å². The molecule has 1 aromatic heterocycles. The molecule has 4 rings (SSSR count). The molecule has 1 unspecified atom stereocenters. The van der Waals surface area contributed by atoms with Crippen molar-refractivity contribution in [2.45, 2.75) is 19.4 Å². The lowest BCUT2D eigenvalue weighted by Gasteiger charge is -2.25. The molecule has 0 bridgehead atoms. The highest BCUT2D eigenvalue weighted by atomic mass is 32.1. The van der Waals surface area contributed by atoms with Crippen molar-refractivity contribution in [1.82, 2.24) is 4.98 Å². The SMILES string of the molecule is COc1ccccc1Cc1nc(-c2ccc3c(c2)NCC(C)O3)cs1. The zero-order chi connectivity index (χ0) is 17.2. The Bertz CT molecular complexity index is 891. The van der Waals surface area contributed by atoms with Gasteiger partial charge in [0.05, 0.1) is 30.0 Å². The van der Waals surface area contributed by atoms with Gasteiger partial charge in [0.1, 0.15) is 17.6 Å². The highest BCUT2D eigenvalue weighted by Gasteiger charge is 2.16. The van der Waals surface area contributed by atoms with Gasteiger partial charge in [0.2, 0.25) is 0 Å². The zero-order valence-electron chi connectivity index (χ0n) is 14.3. The number of anilines is 1. The predicted molar refractivity (Wildman–Crippen MR) is 102 cm³/mol. The Kier molecular flexibility index (Phi) is 4.32. The van der Waals surface area contributed by atoms with Gasteiger partial charge in [-0.05, 0) is 31.2 Å². The predicted octanol–water partition coefficient (Wildman–Crippen LogP) is 4.60. The second-order valence-corrected chi connectivity index (χ2v) is 7.08. The molecule has 0 saturated heterocycles. The number of thiazole rings is 1. The molecular formula is C20H20N2O2S. The van der Waals surface area contributed by atoms with Crippen LogP contribution in [0.5, 0.6) is 11.5 Å². The summed E-state index contributed by atoms with van der Waals surface area (Å²) in [6.07, 6.45) is 0.975. The van der Waals surface area contributed by atoms with E-state index in [4.69, 9.17) is 14.5 Å². The molecule has 0 amide bonds. The van der Waals surface area contributed by atoms with Crippen LogP contribution in [-0.4, -0.2) is 24.7 Å². The number of benzene rings is 2. The van der Waals surface area contributed by atoms with Crippen molar-refractivity contribution < 1.29 is 9.47 Å². The highest BCUT2D eigenvalue weighted by Crippen LogP contribution is 2.34. The van der Waals surface area contributed by atoms with Gasteiger partial charge in [-0.1, -0.05) is 18.2 Å². The van der Waals surface area contributed by atoms with E-state index in [0.29, 0.717) is 0 Å². The minimum Gasteiger partial charge on any atom is -0.496 e. The Morgan fingerprint density at radius 3 is 3.04 bits per heavy atom. The van der Waals surface area contributed by atoms with E-state index in [9.17, 15) is 0 Å². The molecule has 1 atom stereocenters. The molecule has 0 fully saturated rings. The fourth-order valence-electron chi connectivity index (χ4n) is 2.98. The fraction of sp³-hybridized carbons (Fsp3) is 0.250. The topological polar surface area (TPSA) is 43.4 Å². The summed E-state index contributed by atoms with van der Waals surface area (Å²) in [5.74, 6) is 1.82. The lowest BCUT2D eigenvalue weighted by molar-refractivity contribution is 0.226. The quantitative estimate of drug-likeness (QED) is 0.745. The van der Waals surface area contributed by atoms with Crippen LogP contribution in [0, 0.1) is 0 Å². The number of fused-ring (bicyclic) bond motifs is 1. The Morgan fingerprint density at radius 2 is 2.16 bits per heavy atom. The van der Waals surface area contributed by atoms with Crippen LogP contribution < -0.4 is 14.8 Å². The number of hydrogen-bond acceptors (Lipinski definition) is 5. The maximum absolute atomic E-state index is 5.84. The van der Waals surface area contributed by atoms with Crippen LogP contribution in [0.2, 0.25) is 0 Å². The molecule has 25 heavy (non-hydrogen) atoms. The average molecular weight is 352 g/mol. The minimum absolute atomic E-state index is 0.199. The van der Waals surface area contributed by atoms with Gasteiger partial charge >= 0.3 is 0 Å². The molecule has 1 aliphatic heterocycles. The number of methoxy groups -OCH3 is 1. The van der Waals surface area contributed by atoms with Gasteiger partial charge in [-0.3, -0.25) is 0 Å². The molecule has 0 aliphatic carbocycles. The normalized spacial score (nSPS) is 15.8. The molecule has 1 aliphatic rings. The molecule has 2 heterocycles. The number of hydrogen-bond donors (Lipinski definition) is 1. The van der Waals surface area contributed by atoms with Crippen LogP contribution >= 0.6 is 11.3 Å². The minimum atomic E-state index is 0.199. The first-order valence-electron chi connectivity index (χ1n) is 8.34. The molecule has 2 aromatic carbocycles. The first-order valence-corrected chi connectivity index (χ1v) is 9.22. The maximum atomic E-state index is 5.84. The monoisotopic (exact) mass is 352 g/mol. The van der Waals surface area contributed by atoms with Crippen LogP contribution in [0.15, 0.2) is 47.8 Å². The third kappa shape index (κ3) is 3.33. The summed E-state index contributed by atoms with van der Waals surface area (Å²) in [4.78, 5) is 4.81. The van der Waals surface area contributed by atoms with E-state index in [1.165, 1.54) is 0 Å². The molecule has 4 nitrogen and oxygen atoms in total.